The van der Waals surface area contributed by atoms with E-state index in [1.165, 1.54) is 11.3 Å². The molecule has 0 amide bonds. The first-order valence-corrected chi connectivity index (χ1v) is 6.19. The molecule has 0 saturated carbocycles. The van der Waals surface area contributed by atoms with Gasteiger partial charge in [0.2, 0.25) is 0 Å². The van der Waals surface area contributed by atoms with Crippen molar-refractivity contribution in [1.82, 2.24) is 0 Å². The molecule has 0 aromatic heterocycles. The lowest BCUT2D eigenvalue weighted by Gasteiger charge is -2.29. The molecule has 0 unspecified atom stereocenters. The van der Waals surface area contributed by atoms with Crippen LogP contribution in [-0.4, -0.2) is 26.7 Å². The fraction of sp³-hybridized carbons (Fsp3) is 0.571. The maximum absolute atomic E-state index is 5.78. The average Bonchev–Trinajstić information content (AvgIpc) is 2.30. The van der Waals surface area contributed by atoms with Crippen LogP contribution < -0.4 is 15.4 Å². The van der Waals surface area contributed by atoms with Gasteiger partial charge in [0, 0.05) is 7.05 Å². The fourth-order valence-electron chi connectivity index (χ4n) is 2.13. The Kier molecular flexibility index (Phi) is 3.29. The van der Waals surface area contributed by atoms with E-state index in [-0.39, 0.29) is 5.41 Å². The Hall–Kier alpha value is -1.22. The Labute approximate surface area is 104 Å². The first kappa shape index (κ1) is 12.2. The van der Waals surface area contributed by atoms with Crippen molar-refractivity contribution in [2.24, 2.45) is 11.1 Å². The van der Waals surface area contributed by atoms with E-state index in [9.17, 15) is 0 Å². The number of rotatable bonds is 3. The molecule has 0 bridgehead atoms. The summed E-state index contributed by atoms with van der Waals surface area (Å²) in [6.45, 7) is 6.84. The second kappa shape index (κ2) is 4.57. The molecule has 1 aliphatic heterocycles. The lowest BCUT2D eigenvalue weighted by Crippen LogP contribution is -2.29. The molecule has 0 fully saturated rings. The highest BCUT2D eigenvalue weighted by Crippen LogP contribution is 2.33. The Morgan fingerprint density at radius 2 is 2.18 bits per heavy atom. The largest absolute Gasteiger partial charge is 0.490 e. The van der Waals surface area contributed by atoms with Gasteiger partial charge < -0.3 is 15.4 Å². The Morgan fingerprint density at radius 1 is 1.41 bits per heavy atom. The van der Waals surface area contributed by atoms with Crippen LogP contribution in [0.25, 0.3) is 0 Å². The summed E-state index contributed by atoms with van der Waals surface area (Å²) in [6.07, 6.45) is 1.00. The number of nitrogens with zero attached hydrogens (tertiary/aromatic N) is 1. The van der Waals surface area contributed by atoms with E-state index in [0.717, 1.165) is 25.3 Å². The number of ether oxygens (including phenoxy) is 1. The van der Waals surface area contributed by atoms with Gasteiger partial charge in [0.05, 0.1) is 12.2 Å². The zero-order chi connectivity index (χ0) is 12.5. The summed E-state index contributed by atoms with van der Waals surface area (Å²) in [7, 11) is 2.11. The third-order valence-corrected chi connectivity index (χ3v) is 3.35. The molecule has 1 aromatic rings. The summed E-state index contributed by atoms with van der Waals surface area (Å²) in [5.41, 5.74) is 8.47. The van der Waals surface area contributed by atoms with Crippen LogP contribution in [0, 0.1) is 5.41 Å². The second-order valence-corrected chi connectivity index (χ2v) is 5.62. The molecule has 3 nitrogen and oxygen atoms in total. The van der Waals surface area contributed by atoms with Crippen LogP contribution >= 0.6 is 0 Å². The van der Waals surface area contributed by atoms with Crippen LogP contribution in [0.2, 0.25) is 0 Å². The van der Waals surface area contributed by atoms with Crippen LogP contribution in [0.5, 0.6) is 5.75 Å². The lowest BCUT2D eigenvalue weighted by atomic mass is 9.86. The van der Waals surface area contributed by atoms with Gasteiger partial charge in [-0.2, -0.15) is 0 Å². The monoisotopic (exact) mass is 234 g/mol. The summed E-state index contributed by atoms with van der Waals surface area (Å²) in [5, 5.41) is 0. The molecule has 0 atom stereocenters. The molecule has 0 radical (unpaired) electrons. The van der Waals surface area contributed by atoms with E-state index in [4.69, 9.17) is 10.5 Å². The smallest absolute Gasteiger partial charge is 0.142 e. The molecule has 0 spiro atoms. The highest BCUT2D eigenvalue weighted by atomic mass is 16.5. The van der Waals surface area contributed by atoms with Crippen LogP contribution in [0.15, 0.2) is 18.2 Å². The van der Waals surface area contributed by atoms with Crippen molar-refractivity contribution in [3.63, 3.8) is 0 Å². The van der Waals surface area contributed by atoms with Crippen LogP contribution in [0.1, 0.15) is 19.4 Å². The Balaban J connectivity index is 2.24. The first-order chi connectivity index (χ1) is 8.02. The molecule has 3 heteroatoms. The van der Waals surface area contributed by atoms with Gasteiger partial charge >= 0.3 is 0 Å². The van der Waals surface area contributed by atoms with Crippen molar-refractivity contribution >= 4 is 5.69 Å². The summed E-state index contributed by atoms with van der Waals surface area (Å²) >= 11 is 0. The van der Waals surface area contributed by atoms with Crippen molar-refractivity contribution in [2.45, 2.75) is 20.3 Å². The number of nitrogens with two attached hydrogens (primary N) is 1. The minimum Gasteiger partial charge on any atom is -0.490 e. The predicted octanol–water partition coefficient (Wildman–Crippen LogP) is 2.04. The van der Waals surface area contributed by atoms with E-state index in [0.29, 0.717) is 6.54 Å². The van der Waals surface area contributed by atoms with Gasteiger partial charge in [-0.05, 0) is 36.1 Å². The minimum absolute atomic E-state index is 0.155. The first-order valence-electron chi connectivity index (χ1n) is 6.19. The number of hydrogen-bond acceptors (Lipinski definition) is 3. The highest BCUT2D eigenvalue weighted by molar-refractivity contribution is 5.61. The molecule has 0 saturated heterocycles. The SMILES string of the molecule is CN1CCOc2ccc(CC(C)(C)CN)cc21. The van der Waals surface area contributed by atoms with Gasteiger partial charge in [0.25, 0.3) is 0 Å². The maximum atomic E-state index is 5.78. The van der Waals surface area contributed by atoms with Crippen molar-refractivity contribution in [1.29, 1.82) is 0 Å². The van der Waals surface area contributed by atoms with Gasteiger partial charge in [-0.1, -0.05) is 19.9 Å². The summed E-state index contributed by atoms with van der Waals surface area (Å²) in [4.78, 5) is 2.25. The maximum Gasteiger partial charge on any atom is 0.142 e. The molecule has 1 aromatic carbocycles. The fourth-order valence-corrected chi connectivity index (χ4v) is 2.13. The molecule has 2 N–H and O–H groups in total. The van der Waals surface area contributed by atoms with Crippen molar-refractivity contribution in [2.75, 3.05) is 31.6 Å². The van der Waals surface area contributed by atoms with E-state index in [2.05, 4.69) is 44.0 Å². The van der Waals surface area contributed by atoms with Crippen molar-refractivity contribution in [3.8, 4) is 5.75 Å². The quantitative estimate of drug-likeness (QED) is 0.870. The Bertz CT molecular complexity index is 401. The van der Waals surface area contributed by atoms with E-state index >= 15 is 0 Å². The molecule has 1 aliphatic rings. The molecule has 0 aliphatic carbocycles. The topological polar surface area (TPSA) is 38.5 Å². The summed E-state index contributed by atoms with van der Waals surface area (Å²) in [6, 6.07) is 6.45. The molecule has 1 heterocycles. The summed E-state index contributed by atoms with van der Waals surface area (Å²) in [5.74, 6) is 0.994. The van der Waals surface area contributed by atoms with Gasteiger partial charge in [-0.3, -0.25) is 0 Å². The highest BCUT2D eigenvalue weighted by Gasteiger charge is 2.19. The minimum atomic E-state index is 0.155. The van der Waals surface area contributed by atoms with Crippen LogP contribution in [0.3, 0.4) is 0 Å². The third kappa shape index (κ3) is 2.72. The normalized spacial score (nSPS) is 15.4. The molecule has 17 heavy (non-hydrogen) atoms. The zero-order valence-corrected chi connectivity index (χ0v) is 11.0. The van der Waals surface area contributed by atoms with Gasteiger partial charge in [-0.15, -0.1) is 0 Å². The second-order valence-electron chi connectivity index (χ2n) is 5.62. The lowest BCUT2D eigenvalue weighted by molar-refractivity contribution is 0.311. The number of hydrogen-bond donors (Lipinski definition) is 1. The summed E-state index contributed by atoms with van der Waals surface area (Å²) < 4.78 is 5.64. The molecule has 94 valence electrons. The zero-order valence-electron chi connectivity index (χ0n) is 11.0. The average molecular weight is 234 g/mol. The number of benzene rings is 1. The number of likely N-dealkylation sites (N-methyl/N-ethyl adjacent to an activating group) is 1. The van der Waals surface area contributed by atoms with Crippen molar-refractivity contribution in [3.05, 3.63) is 23.8 Å². The molecular weight excluding hydrogens is 212 g/mol. The van der Waals surface area contributed by atoms with Gasteiger partial charge in [-0.25, -0.2) is 0 Å². The van der Waals surface area contributed by atoms with Gasteiger partial charge in [0.15, 0.2) is 0 Å². The van der Waals surface area contributed by atoms with Gasteiger partial charge in [0.1, 0.15) is 12.4 Å². The van der Waals surface area contributed by atoms with E-state index in [1.807, 2.05) is 0 Å². The standard InChI is InChI=1S/C14H22N2O/c1-14(2,10-15)9-11-4-5-13-12(8-11)16(3)6-7-17-13/h4-5,8H,6-7,9-10,15H2,1-3H3. The number of fused-ring (bicyclic) bond motifs is 1. The van der Waals surface area contributed by atoms with E-state index in [1.54, 1.807) is 0 Å². The van der Waals surface area contributed by atoms with Crippen LogP contribution in [0.4, 0.5) is 5.69 Å². The molecular formula is C14H22N2O. The van der Waals surface area contributed by atoms with Crippen molar-refractivity contribution < 1.29 is 4.74 Å². The predicted molar refractivity (Wildman–Crippen MR) is 71.7 cm³/mol. The Morgan fingerprint density at radius 3 is 2.88 bits per heavy atom. The third-order valence-electron chi connectivity index (χ3n) is 3.35. The molecule has 2 rings (SSSR count). The van der Waals surface area contributed by atoms with E-state index < -0.39 is 0 Å². The number of anilines is 1. The van der Waals surface area contributed by atoms with Crippen LogP contribution in [-0.2, 0) is 6.42 Å².